The molecule has 0 spiro atoms. The van der Waals surface area contributed by atoms with Crippen LogP contribution in [0, 0.1) is 11.8 Å². The van der Waals surface area contributed by atoms with Crippen molar-refractivity contribution in [1.29, 1.82) is 0 Å². The first-order valence-corrected chi connectivity index (χ1v) is 20.8. The Balaban J connectivity index is 1.58. The molecule has 17 nitrogen and oxygen atoms in total. The van der Waals surface area contributed by atoms with Crippen LogP contribution in [0.3, 0.4) is 0 Å². The molecule has 65 heavy (non-hydrogen) atoms. The van der Waals surface area contributed by atoms with Gasteiger partial charge in [0.1, 0.15) is 23.4 Å². The topological polar surface area (TPSA) is 316 Å². The Kier molecular flexibility index (Phi) is 13.5. The first-order chi connectivity index (χ1) is 30.9. The van der Waals surface area contributed by atoms with Crippen LogP contribution < -0.4 is 26.7 Å². The van der Waals surface area contributed by atoms with E-state index in [9.17, 15) is 45.3 Å². The van der Waals surface area contributed by atoms with Gasteiger partial charge < -0.3 is 67.2 Å². The molecule has 7 rings (SSSR count). The SMILES string of the molecule is CC(=O)Oc1cc(CO)c2c3c1/C=C/c1cccc(c1)C[C@@H](O)CC[C@@H](N)C#CCc1c(O[C@H]4O[C@@H](C)[C@@H](O)C(O)(O)[C@H]4O)c(Cc4cccc(C(N)N)c4C=O)c(O)c(c1C3=O)C2=O. The molecule has 0 aromatic heterocycles. The average molecular weight is 892 g/mol. The third-order valence-electron chi connectivity index (χ3n) is 11.8. The Hall–Kier alpha value is -6.14. The maximum absolute atomic E-state index is 15.5. The smallest absolute Gasteiger partial charge is 0.308 e. The fraction of sp³-hybridized carbons (Fsp3) is 0.333. The van der Waals surface area contributed by atoms with Gasteiger partial charge in [0.05, 0.1) is 36.6 Å². The molecule has 0 saturated carbocycles. The predicted molar refractivity (Wildman–Crippen MR) is 232 cm³/mol. The number of ketones is 2. The van der Waals surface area contributed by atoms with Gasteiger partial charge >= 0.3 is 5.97 Å². The van der Waals surface area contributed by atoms with Crippen LogP contribution >= 0.6 is 0 Å². The number of nitrogens with two attached hydrogens (primary N) is 3. The first-order valence-electron chi connectivity index (χ1n) is 20.8. The zero-order chi connectivity index (χ0) is 47.1. The minimum Gasteiger partial charge on any atom is -0.507 e. The number of phenols is 1. The number of aliphatic hydroxyl groups excluding tert-OH is 4. The second-order valence-corrected chi connectivity index (χ2v) is 16.4. The van der Waals surface area contributed by atoms with Gasteiger partial charge in [-0.05, 0) is 66.1 Å². The normalized spacial score (nSPS) is 23.1. The van der Waals surface area contributed by atoms with E-state index in [4.69, 9.17) is 31.4 Å². The van der Waals surface area contributed by atoms with E-state index in [1.54, 1.807) is 24.3 Å². The van der Waals surface area contributed by atoms with Crippen LogP contribution in [0.2, 0.25) is 0 Å². The van der Waals surface area contributed by atoms with E-state index >= 15 is 9.59 Å². The summed E-state index contributed by atoms with van der Waals surface area (Å²) < 4.78 is 17.6. The van der Waals surface area contributed by atoms with Crippen LogP contribution in [0.1, 0.15) is 120 Å². The highest BCUT2D eigenvalue weighted by atomic mass is 16.7. The highest BCUT2D eigenvalue weighted by Crippen LogP contribution is 2.48. The molecular weight excluding hydrogens is 843 g/mol. The second kappa shape index (κ2) is 18.8. The molecular formula is C48H49N3O14. The average Bonchev–Trinajstić information content (AvgIpc) is 3.26. The zero-order valence-electron chi connectivity index (χ0n) is 35.4. The van der Waals surface area contributed by atoms with E-state index in [-0.39, 0.29) is 75.1 Å². The van der Waals surface area contributed by atoms with Crippen molar-refractivity contribution in [2.75, 3.05) is 0 Å². The van der Waals surface area contributed by atoms with Crippen LogP contribution in [-0.2, 0) is 35.4 Å². The van der Waals surface area contributed by atoms with Gasteiger partial charge in [-0.25, -0.2) is 0 Å². The number of carbonyl (C=O) groups is 4. The summed E-state index contributed by atoms with van der Waals surface area (Å²) >= 11 is 0. The fourth-order valence-corrected chi connectivity index (χ4v) is 8.56. The van der Waals surface area contributed by atoms with E-state index in [1.165, 1.54) is 37.3 Å². The number of ether oxygens (including phenoxy) is 3. The maximum atomic E-state index is 15.5. The van der Waals surface area contributed by atoms with Crippen LogP contribution in [0.25, 0.3) is 12.2 Å². The minimum atomic E-state index is -3.21. The Labute approximate surface area is 372 Å². The molecule has 1 fully saturated rings. The summed E-state index contributed by atoms with van der Waals surface area (Å²) in [7, 11) is 0. The Bertz CT molecular complexity index is 2680. The lowest BCUT2D eigenvalue weighted by atomic mass is 9.75. The summed E-state index contributed by atoms with van der Waals surface area (Å²) in [4.78, 5) is 55.9. The van der Waals surface area contributed by atoms with Crippen molar-refractivity contribution >= 4 is 36.0 Å². The lowest BCUT2D eigenvalue weighted by molar-refractivity contribution is -0.371. The number of carbonyl (C=O) groups excluding carboxylic acids is 4. The molecule has 0 amide bonds. The number of rotatable bonds is 8. The van der Waals surface area contributed by atoms with Crippen molar-refractivity contribution in [2.24, 2.45) is 17.2 Å². The van der Waals surface area contributed by atoms with Crippen molar-refractivity contribution in [3.05, 3.63) is 121 Å². The van der Waals surface area contributed by atoms with Crippen molar-refractivity contribution in [3.63, 3.8) is 0 Å². The predicted octanol–water partition coefficient (Wildman–Crippen LogP) is 1.17. The highest BCUT2D eigenvalue weighted by Gasteiger charge is 2.55. The van der Waals surface area contributed by atoms with E-state index < -0.39 is 108 Å². The van der Waals surface area contributed by atoms with E-state index in [0.29, 0.717) is 11.8 Å². The Morgan fingerprint density at radius 3 is 2.38 bits per heavy atom. The molecule has 6 atom stereocenters. The van der Waals surface area contributed by atoms with Crippen LogP contribution in [-0.4, -0.2) is 102 Å². The molecule has 0 radical (unpaired) electrons. The quantitative estimate of drug-likeness (QED) is 0.0344. The van der Waals surface area contributed by atoms with Gasteiger partial charge in [0, 0.05) is 58.7 Å². The number of benzene rings is 4. The van der Waals surface area contributed by atoms with Gasteiger partial charge in [-0.3, -0.25) is 19.2 Å². The molecule has 4 bridgehead atoms. The van der Waals surface area contributed by atoms with Gasteiger partial charge in [0.25, 0.3) is 0 Å². The highest BCUT2D eigenvalue weighted by molar-refractivity contribution is 6.32. The van der Waals surface area contributed by atoms with Crippen molar-refractivity contribution in [1.82, 2.24) is 0 Å². The number of hydrogen-bond donors (Lipinski definition) is 10. The number of aromatic hydroxyl groups is 1. The third kappa shape index (κ3) is 8.97. The zero-order valence-corrected chi connectivity index (χ0v) is 35.4. The molecule has 1 aliphatic heterocycles. The largest absolute Gasteiger partial charge is 0.507 e. The lowest BCUT2D eigenvalue weighted by Gasteiger charge is -2.44. The van der Waals surface area contributed by atoms with Gasteiger partial charge in [-0.2, -0.15) is 0 Å². The minimum absolute atomic E-state index is 0.0129. The summed E-state index contributed by atoms with van der Waals surface area (Å²) in [5, 5.41) is 77.7. The van der Waals surface area contributed by atoms with Crippen LogP contribution in [0.4, 0.5) is 0 Å². The summed E-state index contributed by atoms with van der Waals surface area (Å²) in [6.45, 7) is 1.56. The Morgan fingerprint density at radius 1 is 0.969 bits per heavy atom. The molecule has 17 heteroatoms. The molecule has 4 aromatic rings. The fourth-order valence-electron chi connectivity index (χ4n) is 8.56. The van der Waals surface area contributed by atoms with Crippen molar-refractivity contribution in [2.45, 2.75) is 101 Å². The summed E-state index contributed by atoms with van der Waals surface area (Å²) in [6.07, 6.45) is -6.43. The number of hydrogen-bond acceptors (Lipinski definition) is 17. The third-order valence-corrected chi connectivity index (χ3v) is 11.8. The number of aliphatic hydroxyl groups is 6. The van der Waals surface area contributed by atoms with Gasteiger partial charge in [0.2, 0.25) is 12.1 Å². The molecule has 3 aliphatic rings. The number of phenolic OH excluding ortho intramolecular Hbond substituents is 1. The number of fused-ring (bicyclic) bond motifs is 2. The molecule has 0 unspecified atom stereocenters. The molecule has 4 aromatic carbocycles. The summed E-state index contributed by atoms with van der Waals surface area (Å²) in [6, 6.07) is 12.1. The number of esters is 1. The van der Waals surface area contributed by atoms with Crippen LogP contribution in [0.15, 0.2) is 48.5 Å². The molecule has 1 saturated heterocycles. The van der Waals surface area contributed by atoms with Gasteiger partial charge in [-0.15, -0.1) is 0 Å². The molecule has 2 aliphatic carbocycles. The monoisotopic (exact) mass is 891 g/mol. The summed E-state index contributed by atoms with van der Waals surface area (Å²) in [5.41, 5.74) is 17.9. The standard InChI is InChI=1S/C48H49N3O14/c1-22-44(59)48(61,62)45(60)47(63-22)65-43-32-11-5-9-28(49)13-14-29(55)17-25-7-3-6-24(16-25)12-15-31-35(64-23(2)54)19-27(20-52)36-37(31)42(58)38(32)39(41(36)57)40(56)33(43)18-26-8-4-10-30(46(50)51)34(26)21-53/h3-4,6-8,10,12,15-16,19,21-22,28-29,44-47,52,55-56,59-62H,11,13-14,17-18,20,49-51H2,1-2H3/b15-12+/t22-,28-,29-,44+,45-,47+/m0/s1. The summed E-state index contributed by atoms with van der Waals surface area (Å²) in [5.74, 6) is -1.55. The van der Waals surface area contributed by atoms with Crippen LogP contribution in [0.5, 0.6) is 17.2 Å². The van der Waals surface area contributed by atoms with Gasteiger partial charge in [0.15, 0.2) is 24.0 Å². The number of aldehydes is 1. The first kappa shape index (κ1) is 46.8. The van der Waals surface area contributed by atoms with E-state index in [1.807, 2.05) is 6.07 Å². The molecule has 13 N–H and O–H groups in total. The van der Waals surface area contributed by atoms with E-state index in [2.05, 4.69) is 11.8 Å². The van der Waals surface area contributed by atoms with Crippen molar-refractivity contribution < 1.29 is 69.1 Å². The molecule has 340 valence electrons. The lowest BCUT2D eigenvalue weighted by Crippen LogP contribution is -2.67. The Morgan fingerprint density at radius 2 is 1.69 bits per heavy atom. The second-order valence-electron chi connectivity index (χ2n) is 16.4. The van der Waals surface area contributed by atoms with Gasteiger partial charge in [-0.1, -0.05) is 60.4 Å². The van der Waals surface area contributed by atoms with E-state index in [0.717, 1.165) is 12.5 Å². The molecule has 1 heterocycles. The van der Waals surface area contributed by atoms with Crippen molar-refractivity contribution in [3.8, 4) is 29.1 Å². The maximum Gasteiger partial charge on any atom is 0.308 e.